The number of nitrogens with zero attached hydrogens (tertiary/aromatic N) is 1. The summed E-state index contributed by atoms with van der Waals surface area (Å²) in [7, 11) is 1.54. The number of hydrogen-bond donors (Lipinski definition) is 1. The third kappa shape index (κ3) is 4.85. The Balaban J connectivity index is 1.86. The van der Waals surface area contributed by atoms with Crippen molar-refractivity contribution in [2.45, 2.75) is 19.5 Å². The Bertz CT molecular complexity index is 1300. The van der Waals surface area contributed by atoms with Crippen molar-refractivity contribution in [3.8, 4) is 11.5 Å². The largest absolute Gasteiger partial charge is 0.507 e. The quantitative estimate of drug-likeness (QED) is 0.238. The molecular formula is C27H23Cl2NO5. The van der Waals surface area contributed by atoms with E-state index in [1.54, 1.807) is 43.5 Å². The van der Waals surface area contributed by atoms with Gasteiger partial charge < -0.3 is 19.5 Å². The Morgan fingerprint density at radius 1 is 1.00 bits per heavy atom. The zero-order valence-corrected chi connectivity index (χ0v) is 20.6. The summed E-state index contributed by atoms with van der Waals surface area (Å²) >= 11 is 12.2. The van der Waals surface area contributed by atoms with Gasteiger partial charge in [0.05, 0.1) is 41.9 Å². The number of amides is 1. The Kier molecular flexibility index (Phi) is 7.34. The van der Waals surface area contributed by atoms with Crippen molar-refractivity contribution in [1.82, 2.24) is 4.90 Å². The van der Waals surface area contributed by atoms with E-state index in [0.29, 0.717) is 28.7 Å². The minimum absolute atomic E-state index is 0.0348. The topological polar surface area (TPSA) is 76.1 Å². The Labute approximate surface area is 213 Å². The summed E-state index contributed by atoms with van der Waals surface area (Å²) in [5.74, 6) is -0.603. The summed E-state index contributed by atoms with van der Waals surface area (Å²) in [5, 5.41) is 11.7. The fourth-order valence-corrected chi connectivity index (χ4v) is 4.42. The predicted molar refractivity (Wildman–Crippen MR) is 135 cm³/mol. The third-order valence-corrected chi connectivity index (χ3v) is 6.51. The molecule has 0 saturated carbocycles. The first-order valence-electron chi connectivity index (χ1n) is 10.9. The zero-order chi connectivity index (χ0) is 25.1. The van der Waals surface area contributed by atoms with Crippen LogP contribution in [-0.4, -0.2) is 35.4 Å². The van der Waals surface area contributed by atoms with Crippen molar-refractivity contribution >= 4 is 40.7 Å². The molecule has 35 heavy (non-hydrogen) atoms. The Morgan fingerprint density at radius 3 is 2.37 bits per heavy atom. The summed E-state index contributed by atoms with van der Waals surface area (Å²) in [6, 6.07) is 18.0. The van der Waals surface area contributed by atoms with Crippen LogP contribution in [0.2, 0.25) is 10.0 Å². The van der Waals surface area contributed by atoms with Crippen molar-refractivity contribution in [2.24, 2.45) is 0 Å². The van der Waals surface area contributed by atoms with Gasteiger partial charge in [-0.1, -0.05) is 53.5 Å². The number of ether oxygens (including phenoxy) is 2. The Morgan fingerprint density at radius 2 is 1.71 bits per heavy atom. The molecule has 0 bridgehead atoms. The minimum atomic E-state index is -0.843. The second-order valence-electron chi connectivity index (χ2n) is 7.87. The maximum atomic E-state index is 13.3. The molecule has 0 aliphatic carbocycles. The first-order chi connectivity index (χ1) is 16.8. The lowest BCUT2D eigenvalue weighted by Crippen LogP contribution is -2.29. The monoisotopic (exact) mass is 511 g/mol. The second-order valence-corrected chi connectivity index (χ2v) is 8.68. The van der Waals surface area contributed by atoms with Crippen LogP contribution in [0.5, 0.6) is 11.5 Å². The van der Waals surface area contributed by atoms with Gasteiger partial charge >= 0.3 is 0 Å². The van der Waals surface area contributed by atoms with E-state index in [4.69, 9.17) is 32.7 Å². The highest BCUT2D eigenvalue weighted by Crippen LogP contribution is 2.42. The summed E-state index contributed by atoms with van der Waals surface area (Å²) < 4.78 is 11.0. The predicted octanol–water partition coefficient (Wildman–Crippen LogP) is 6.02. The summed E-state index contributed by atoms with van der Waals surface area (Å²) in [5.41, 5.74) is 1.62. The smallest absolute Gasteiger partial charge is 0.295 e. The van der Waals surface area contributed by atoms with Crippen LogP contribution in [0, 0.1) is 0 Å². The average Bonchev–Trinajstić information content (AvgIpc) is 3.11. The first kappa shape index (κ1) is 24.6. The molecule has 6 nitrogen and oxygen atoms in total. The molecule has 1 aliphatic heterocycles. The molecule has 3 aromatic rings. The average molecular weight is 512 g/mol. The van der Waals surface area contributed by atoms with Gasteiger partial charge in [-0.05, 0) is 48.9 Å². The Hall–Kier alpha value is -3.48. The van der Waals surface area contributed by atoms with E-state index in [1.165, 1.54) is 17.0 Å². The molecule has 1 unspecified atom stereocenters. The number of ketones is 1. The first-order valence-corrected chi connectivity index (χ1v) is 11.7. The highest BCUT2D eigenvalue weighted by atomic mass is 35.5. The number of Topliss-reactive ketones (excluding diaryl/α,β-unsaturated/α-hetero) is 1. The minimum Gasteiger partial charge on any atom is -0.507 e. The van der Waals surface area contributed by atoms with E-state index < -0.39 is 17.7 Å². The molecule has 1 saturated heterocycles. The highest BCUT2D eigenvalue weighted by molar-refractivity contribution is 6.46. The molecule has 0 radical (unpaired) electrons. The molecule has 1 aliphatic rings. The summed E-state index contributed by atoms with van der Waals surface area (Å²) in [6.07, 6.45) is 0. The number of carbonyl (C=O) groups is 2. The van der Waals surface area contributed by atoms with Crippen LogP contribution in [0.15, 0.2) is 72.3 Å². The van der Waals surface area contributed by atoms with Crippen molar-refractivity contribution in [3.05, 3.63) is 99.0 Å². The van der Waals surface area contributed by atoms with Crippen LogP contribution in [-0.2, 0) is 16.1 Å². The number of rotatable bonds is 7. The summed E-state index contributed by atoms with van der Waals surface area (Å²) in [6.45, 7) is 2.49. The number of para-hydroxylation sites is 1. The number of hydrogen-bond acceptors (Lipinski definition) is 5. The maximum absolute atomic E-state index is 13.3. The molecule has 3 aromatic carbocycles. The van der Waals surface area contributed by atoms with E-state index in [1.807, 2.05) is 25.1 Å². The van der Waals surface area contributed by atoms with Crippen LogP contribution in [0.1, 0.15) is 29.7 Å². The van der Waals surface area contributed by atoms with E-state index in [2.05, 4.69) is 0 Å². The third-order valence-electron chi connectivity index (χ3n) is 5.77. The molecule has 0 aromatic heterocycles. The molecule has 1 fully saturated rings. The van der Waals surface area contributed by atoms with Gasteiger partial charge in [-0.25, -0.2) is 0 Å². The highest BCUT2D eigenvalue weighted by Gasteiger charge is 2.46. The number of halogens is 2. The van der Waals surface area contributed by atoms with Crippen molar-refractivity contribution in [1.29, 1.82) is 0 Å². The molecule has 1 atom stereocenters. The lowest BCUT2D eigenvalue weighted by Gasteiger charge is -2.26. The van der Waals surface area contributed by atoms with Crippen LogP contribution in [0.4, 0.5) is 0 Å². The molecular weight excluding hydrogens is 489 g/mol. The van der Waals surface area contributed by atoms with E-state index in [9.17, 15) is 14.7 Å². The van der Waals surface area contributed by atoms with Crippen LogP contribution < -0.4 is 9.47 Å². The number of aliphatic hydroxyl groups is 1. The molecule has 180 valence electrons. The number of aliphatic hydroxyl groups excluding tert-OH is 1. The molecule has 8 heteroatoms. The maximum Gasteiger partial charge on any atom is 0.295 e. The van der Waals surface area contributed by atoms with Crippen molar-refractivity contribution < 1.29 is 24.2 Å². The standard InChI is InChI=1S/C27H23Cl2NO5/c1-3-35-19-11-8-16(9-12-19)24-23(25(31)17-10-13-20(28)21(29)14-17)26(32)27(33)30(24)15-18-6-4-5-7-22(18)34-2/h4-14,24,31H,3,15H2,1-2H3/b25-23-. The van der Waals surface area contributed by atoms with Crippen LogP contribution in [0.3, 0.4) is 0 Å². The number of carbonyl (C=O) groups excluding carboxylic acids is 2. The van der Waals surface area contributed by atoms with Crippen molar-refractivity contribution in [2.75, 3.05) is 13.7 Å². The SMILES string of the molecule is CCOc1ccc(C2/C(=C(/O)c3ccc(Cl)c(Cl)c3)C(=O)C(=O)N2Cc2ccccc2OC)cc1. The summed E-state index contributed by atoms with van der Waals surface area (Å²) in [4.78, 5) is 27.9. The van der Waals surface area contributed by atoms with Crippen molar-refractivity contribution in [3.63, 3.8) is 0 Å². The van der Waals surface area contributed by atoms with Crippen LogP contribution in [0.25, 0.3) is 5.76 Å². The van der Waals surface area contributed by atoms with Gasteiger partial charge in [0.25, 0.3) is 11.7 Å². The van der Waals surface area contributed by atoms with Gasteiger partial charge in [0.15, 0.2) is 0 Å². The second kappa shape index (κ2) is 10.4. The fraction of sp³-hybridized carbons (Fsp3) is 0.185. The van der Waals surface area contributed by atoms with Crippen LogP contribution >= 0.6 is 23.2 Å². The molecule has 0 spiro atoms. The number of likely N-dealkylation sites (tertiary alicyclic amines) is 1. The molecule has 1 heterocycles. The van der Waals surface area contributed by atoms with Gasteiger partial charge in [-0.15, -0.1) is 0 Å². The number of benzene rings is 3. The normalized spacial score (nSPS) is 17.0. The van der Waals surface area contributed by atoms with Gasteiger partial charge in [0, 0.05) is 11.1 Å². The van der Waals surface area contributed by atoms with E-state index in [-0.39, 0.29) is 28.5 Å². The molecule has 1 amide bonds. The molecule has 4 rings (SSSR count). The van der Waals surface area contributed by atoms with Gasteiger partial charge in [0.2, 0.25) is 0 Å². The fourth-order valence-electron chi connectivity index (χ4n) is 4.12. The zero-order valence-electron chi connectivity index (χ0n) is 19.1. The van der Waals surface area contributed by atoms with Gasteiger partial charge in [-0.2, -0.15) is 0 Å². The number of methoxy groups -OCH3 is 1. The van der Waals surface area contributed by atoms with E-state index in [0.717, 1.165) is 5.56 Å². The lowest BCUT2D eigenvalue weighted by molar-refractivity contribution is -0.140. The molecule has 1 N–H and O–H groups in total. The van der Waals surface area contributed by atoms with Gasteiger partial charge in [-0.3, -0.25) is 9.59 Å². The lowest BCUT2D eigenvalue weighted by atomic mass is 9.95. The van der Waals surface area contributed by atoms with E-state index >= 15 is 0 Å². The van der Waals surface area contributed by atoms with Gasteiger partial charge in [0.1, 0.15) is 17.3 Å².